The maximum Gasteiger partial charge on any atom is 0.358 e. The number of carboxylic acid groups (broad SMARTS) is 1. The van der Waals surface area contributed by atoms with Crippen LogP contribution in [0.25, 0.3) is 0 Å². The Morgan fingerprint density at radius 1 is 1.35 bits per heavy atom. The first-order valence-electron chi connectivity index (χ1n) is 5.12. The van der Waals surface area contributed by atoms with Crippen molar-refractivity contribution in [3.63, 3.8) is 0 Å². The fraction of sp³-hybridized carbons (Fsp3) is 0.167. The molecule has 1 aromatic carbocycles. The van der Waals surface area contributed by atoms with Crippen LogP contribution in [-0.4, -0.2) is 22.8 Å². The molecule has 1 heterocycles. The summed E-state index contributed by atoms with van der Waals surface area (Å²) in [7, 11) is 0. The average Bonchev–Trinajstić information content (AvgIpc) is 2.79. The molecule has 0 amide bonds. The van der Waals surface area contributed by atoms with E-state index in [2.05, 4.69) is 5.16 Å². The molecule has 5 heteroatoms. The molecular formula is C12H11NO4. The van der Waals surface area contributed by atoms with Gasteiger partial charge in [0.05, 0.1) is 6.61 Å². The van der Waals surface area contributed by atoms with Crippen LogP contribution < -0.4 is 4.74 Å². The summed E-state index contributed by atoms with van der Waals surface area (Å²) in [5, 5.41) is 12.1. The van der Waals surface area contributed by atoms with Crippen LogP contribution >= 0.6 is 0 Å². The first kappa shape index (κ1) is 11.2. The van der Waals surface area contributed by atoms with E-state index in [0.717, 1.165) is 5.75 Å². The molecule has 0 aliphatic carbocycles. The van der Waals surface area contributed by atoms with Crippen LogP contribution in [0.15, 0.2) is 40.9 Å². The van der Waals surface area contributed by atoms with E-state index in [0.29, 0.717) is 18.8 Å². The largest absolute Gasteiger partial charge is 0.493 e. The number of carbonyl (C=O) groups is 1. The van der Waals surface area contributed by atoms with Gasteiger partial charge in [-0.25, -0.2) is 4.79 Å². The minimum Gasteiger partial charge on any atom is -0.493 e. The van der Waals surface area contributed by atoms with Crippen molar-refractivity contribution in [3.8, 4) is 5.75 Å². The third-order valence-corrected chi connectivity index (χ3v) is 2.14. The lowest BCUT2D eigenvalue weighted by Crippen LogP contribution is -2.00. The standard InChI is InChI=1S/C12H11NO4/c14-12(15)11-8-10(17-13-11)6-7-16-9-4-2-1-3-5-9/h1-5,8H,6-7H2,(H,14,15). The number of aromatic carboxylic acids is 1. The number of ether oxygens (including phenoxy) is 1. The summed E-state index contributed by atoms with van der Waals surface area (Å²) >= 11 is 0. The van der Waals surface area contributed by atoms with Crippen molar-refractivity contribution < 1.29 is 19.2 Å². The lowest BCUT2D eigenvalue weighted by Gasteiger charge is -2.03. The number of para-hydroxylation sites is 1. The van der Waals surface area contributed by atoms with Gasteiger partial charge >= 0.3 is 5.97 Å². The summed E-state index contributed by atoms with van der Waals surface area (Å²) in [6, 6.07) is 10.8. The Morgan fingerprint density at radius 2 is 2.12 bits per heavy atom. The van der Waals surface area contributed by atoms with Gasteiger partial charge in [0, 0.05) is 12.5 Å². The van der Waals surface area contributed by atoms with Crippen molar-refractivity contribution in [1.82, 2.24) is 5.16 Å². The Kier molecular flexibility index (Phi) is 3.40. The Hall–Kier alpha value is -2.30. The quantitative estimate of drug-likeness (QED) is 0.854. The van der Waals surface area contributed by atoms with E-state index in [9.17, 15) is 4.79 Å². The molecule has 0 fully saturated rings. The van der Waals surface area contributed by atoms with Crippen molar-refractivity contribution >= 4 is 5.97 Å². The number of benzene rings is 1. The Balaban J connectivity index is 1.84. The van der Waals surface area contributed by atoms with Crippen LogP contribution in [-0.2, 0) is 6.42 Å². The Labute approximate surface area is 97.6 Å². The lowest BCUT2D eigenvalue weighted by molar-refractivity contribution is 0.0685. The lowest BCUT2D eigenvalue weighted by atomic mass is 10.3. The molecule has 1 aromatic heterocycles. The molecule has 0 radical (unpaired) electrons. The highest BCUT2D eigenvalue weighted by Gasteiger charge is 2.10. The third kappa shape index (κ3) is 3.07. The first-order chi connectivity index (χ1) is 8.25. The smallest absolute Gasteiger partial charge is 0.358 e. The van der Waals surface area contributed by atoms with Gasteiger partial charge in [0.2, 0.25) is 0 Å². The summed E-state index contributed by atoms with van der Waals surface area (Å²) < 4.78 is 10.3. The van der Waals surface area contributed by atoms with Crippen molar-refractivity contribution in [3.05, 3.63) is 47.9 Å². The number of carboxylic acids is 1. The number of hydrogen-bond donors (Lipinski definition) is 1. The zero-order chi connectivity index (χ0) is 12.1. The molecule has 88 valence electrons. The molecule has 0 saturated carbocycles. The van der Waals surface area contributed by atoms with Gasteiger partial charge in [-0.2, -0.15) is 0 Å². The normalized spacial score (nSPS) is 10.1. The molecule has 0 atom stereocenters. The summed E-state index contributed by atoms with van der Waals surface area (Å²) in [4.78, 5) is 10.6. The van der Waals surface area contributed by atoms with Crippen LogP contribution in [0.4, 0.5) is 0 Å². The van der Waals surface area contributed by atoms with E-state index < -0.39 is 5.97 Å². The highest BCUT2D eigenvalue weighted by molar-refractivity contribution is 5.85. The zero-order valence-corrected chi connectivity index (χ0v) is 9.00. The Morgan fingerprint density at radius 3 is 2.76 bits per heavy atom. The van der Waals surface area contributed by atoms with Gasteiger partial charge in [0.25, 0.3) is 0 Å². The number of aromatic nitrogens is 1. The molecule has 2 rings (SSSR count). The van der Waals surface area contributed by atoms with Gasteiger partial charge in [-0.15, -0.1) is 0 Å². The predicted molar refractivity (Wildman–Crippen MR) is 59.1 cm³/mol. The fourth-order valence-corrected chi connectivity index (χ4v) is 1.32. The molecule has 17 heavy (non-hydrogen) atoms. The summed E-state index contributed by atoms with van der Waals surface area (Å²) in [5.74, 6) is 0.174. The van der Waals surface area contributed by atoms with Crippen LogP contribution in [0, 0.1) is 0 Å². The monoisotopic (exact) mass is 233 g/mol. The third-order valence-electron chi connectivity index (χ3n) is 2.14. The molecule has 0 spiro atoms. The molecular weight excluding hydrogens is 222 g/mol. The second-order valence-electron chi connectivity index (χ2n) is 3.40. The van der Waals surface area contributed by atoms with Crippen molar-refractivity contribution in [2.75, 3.05) is 6.61 Å². The minimum atomic E-state index is -1.09. The van der Waals surface area contributed by atoms with Gasteiger partial charge < -0.3 is 14.4 Å². The van der Waals surface area contributed by atoms with Gasteiger partial charge in [-0.05, 0) is 12.1 Å². The van der Waals surface area contributed by atoms with Gasteiger partial charge in [0.1, 0.15) is 11.5 Å². The van der Waals surface area contributed by atoms with E-state index >= 15 is 0 Å². The van der Waals surface area contributed by atoms with E-state index in [4.69, 9.17) is 14.4 Å². The zero-order valence-electron chi connectivity index (χ0n) is 9.00. The van der Waals surface area contributed by atoms with Crippen molar-refractivity contribution in [2.45, 2.75) is 6.42 Å². The molecule has 5 nitrogen and oxygen atoms in total. The predicted octanol–water partition coefficient (Wildman–Crippen LogP) is 1.99. The van der Waals surface area contributed by atoms with E-state index in [-0.39, 0.29) is 5.69 Å². The number of nitrogens with zero attached hydrogens (tertiary/aromatic N) is 1. The summed E-state index contributed by atoms with van der Waals surface area (Å²) in [6.45, 7) is 0.415. The highest BCUT2D eigenvalue weighted by Crippen LogP contribution is 2.10. The van der Waals surface area contributed by atoms with Crippen LogP contribution in [0.5, 0.6) is 5.75 Å². The van der Waals surface area contributed by atoms with Crippen LogP contribution in [0.2, 0.25) is 0 Å². The molecule has 2 aromatic rings. The molecule has 0 saturated heterocycles. The second kappa shape index (κ2) is 5.16. The van der Waals surface area contributed by atoms with Crippen molar-refractivity contribution in [2.24, 2.45) is 0 Å². The average molecular weight is 233 g/mol. The molecule has 0 unspecified atom stereocenters. The fourth-order valence-electron chi connectivity index (χ4n) is 1.32. The summed E-state index contributed by atoms with van der Waals surface area (Å²) in [6.07, 6.45) is 0.481. The molecule has 0 aliphatic heterocycles. The maximum absolute atomic E-state index is 10.6. The topological polar surface area (TPSA) is 72.6 Å². The number of hydrogen-bond acceptors (Lipinski definition) is 4. The van der Waals surface area contributed by atoms with Gasteiger partial charge in [0.15, 0.2) is 5.69 Å². The van der Waals surface area contributed by atoms with Gasteiger partial charge in [-0.1, -0.05) is 23.4 Å². The van der Waals surface area contributed by atoms with Crippen LogP contribution in [0.1, 0.15) is 16.2 Å². The van der Waals surface area contributed by atoms with Gasteiger partial charge in [-0.3, -0.25) is 0 Å². The van der Waals surface area contributed by atoms with E-state index in [1.165, 1.54) is 6.07 Å². The number of rotatable bonds is 5. The SMILES string of the molecule is O=C(O)c1cc(CCOc2ccccc2)on1. The van der Waals surface area contributed by atoms with E-state index in [1.54, 1.807) is 0 Å². The molecule has 1 N–H and O–H groups in total. The van der Waals surface area contributed by atoms with E-state index in [1.807, 2.05) is 30.3 Å². The van der Waals surface area contributed by atoms with Crippen LogP contribution in [0.3, 0.4) is 0 Å². The second-order valence-corrected chi connectivity index (χ2v) is 3.40. The first-order valence-corrected chi connectivity index (χ1v) is 5.12. The molecule has 0 aliphatic rings. The summed E-state index contributed by atoms with van der Waals surface area (Å²) in [5.41, 5.74) is -0.0836. The maximum atomic E-state index is 10.6. The molecule has 0 bridgehead atoms. The van der Waals surface area contributed by atoms with Crippen molar-refractivity contribution in [1.29, 1.82) is 0 Å². The minimum absolute atomic E-state index is 0.0836. The highest BCUT2D eigenvalue weighted by atomic mass is 16.5. The Bertz CT molecular complexity index is 492.